The van der Waals surface area contributed by atoms with Crippen molar-refractivity contribution in [2.24, 2.45) is 5.73 Å². The lowest BCUT2D eigenvalue weighted by molar-refractivity contribution is 0.172. The number of rotatable bonds is 2. The van der Waals surface area contributed by atoms with E-state index in [0.717, 1.165) is 12.8 Å². The Balaban J connectivity index is 2.46. The Kier molecular flexibility index (Phi) is 3.38. The second-order valence-corrected chi connectivity index (χ2v) is 3.32. The van der Waals surface area contributed by atoms with Crippen LogP contribution in [0.15, 0.2) is 0 Å². The van der Waals surface area contributed by atoms with E-state index in [1.807, 2.05) is 0 Å². The molecule has 0 heterocycles. The predicted molar refractivity (Wildman–Crippen MR) is 48.5 cm³/mol. The number of carbonyl (C=O) groups is 1. The fourth-order valence-electron chi connectivity index (χ4n) is 1.87. The molecule has 12 heavy (non-hydrogen) atoms. The molecule has 1 radical (unpaired) electrons. The molecule has 0 bridgehead atoms. The molecular weight excluding hydrogens is 152 g/mol. The van der Waals surface area contributed by atoms with Gasteiger partial charge in [-0.1, -0.05) is 19.3 Å². The molecule has 1 saturated carbocycles. The van der Waals surface area contributed by atoms with Crippen LogP contribution in [0.1, 0.15) is 32.1 Å². The third-order valence-corrected chi connectivity index (χ3v) is 2.54. The molecule has 0 aliphatic heterocycles. The Labute approximate surface area is 73.9 Å². The first-order valence-corrected chi connectivity index (χ1v) is 4.61. The maximum absolute atomic E-state index is 10.9. The van der Waals surface area contributed by atoms with E-state index < -0.39 is 0 Å². The summed E-state index contributed by atoms with van der Waals surface area (Å²) in [6.07, 6.45) is 5.92. The highest BCUT2D eigenvalue weighted by Crippen LogP contribution is 2.21. The van der Waals surface area contributed by atoms with Gasteiger partial charge < -0.3 is 10.6 Å². The monoisotopic (exact) mass is 169 g/mol. The quantitative estimate of drug-likeness (QED) is 0.669. The van der Waals surface area contributed by atoms with E-state index in [4.69, 9.17) is 5.73 Å². The molecule has 1 aliphatic carbocycles. The first kappa shape index (κ1) is 9.36. The predicted octanol–water partition coefficient (Wildman–Crippen LogP) is 1.53. The van der Waals surface area contributed by atoms with Crippen LogP contribution in [-0.4, -0.2) is 23.5 Å². The summed E-state index contributed by atoms with van der Waals surface area (Å²) < 4.78 is 0. The highest BCUT2D eigenvalue weighted by Gasteiger charge is 2.21. The maximum atomic E-state index is 10.9. The van der Waals surface area contributed by atoms with E-state index in [9.17, 15) is 4.79 Å². The lowest BCUT2D eigenvalue weighted by Gasteiger charge is -2.32. The molecule has 1 fully saturated rings. The SMILES string of the molecule is [CH2]CN(C(N)=O)C1CCCCC1. The number of hydrogen-bond acceptors (Lipinski definition) is 1. The summed E-state index contributed by atoms with van der Waals surface area (Å²) >= 11 is 0. The molecule has 0 aromatic heterocycles. The van der Waals surface area contributed by atoms with Crippen molar-refractivity contribution in [3.8, 4) is 0 Å². The molecule has 0 unspecified atom stereocenters. The normalized spacial score (nSPS) is 19.1. The number of nitrogens with two attached hydrogens (primary N) is 1. The maximum Gasteiger partial charge on any atom is 0.315 e. The summed E-state index contributed by atoms with van der Waals surface area (Å²) in [5.74, 6) is 0. The number of carbonyl (C=O) groups excluding carboxylic acids is 1. The molecule has 2 amide bonds. The van der Waals surface area contributed by atoms with Crippen LogP contribution in [0.25, 0.3) is 0 Å². The second kappa shape index (κ2) is 4.33. The van der Waals surface area contributed by atoms with E-state index in [0.29, 0.717) is 12.6 Å². The molecule has 0 saturated heterocycles. The van der Waals surface area contributed by atoms with Gasteiger partial charge in [-0.15, -0.1) is 0 Å². The van der Waals surface area contributed by atoms with Crippen molar-refractivity contribution >= 4 is 6.03 Å². The standard InChI is InChI=1S/C9H17N2O/c1-2-11(9(10)12)8-6-4-3-5-7-8/h8H,1-7H2,(H2,10,12). The zero-order chi connectivity index (χ0) is 8.97. The first-order valence-electron chi connectivity index (χ1n) is 4.61. The van der Waals surface area contributed by atoms with Gasteiger partial charge in [0.2, 0.25) is 0 Å². The first-order chi connectivity index (χ1) is 5.75. The van der Waals surface area contributed by atoms with E-state index in [-0.39, 0.29) is 6.03 Å². The second-order valence-electron chi connectivity index (χ2n) is 3.32. The summed E-state index contributed by atoms with van der Waals surface area (Å²) in [5.41, 5.74) is 5.23. The van der Waals surface area contributed by atoms with Gasteiger partial charge in [-0.05, 0) is 19.8 Å². The van der Waals surface area contributed by atoms with Crippen LogP contribution in [0.5, 0.6) is 0 Å². The minimum Gasteiger partial charge on any atom is -0.351 e. The van der Waals surface area contributed by atoms with Crippen LogP contribution < -0.4 is 5.73 Å². The van der Waals surface area contributed by atoms with Crippen molar-refractivity contribution in [1.82, 2.24) is 4.90 Å². The fourth-order valence-corrected chi connectivity index (χ4v) is 1.87. The molecular formula is C9H17N2O. The minimum atomic E-state index is -0.322. The topological polar surface area (TPSA) is 46.3 Å². The van der Waals surface area contributed by atoms with Crippen molar-refractivity contribution in [2.45, 2.75) is 38.1 Å². The molecule has 1 rings (SSSR count). The van der Waals surface area contributed by atoms with Crippen LogP contribution in [0.2, 0.25) is 0 Å². The van der Waals surface area contributed by atoms with Crippen LogP contribution in [0.3, 0.4) is 0 Å². The number of urea groups is 1. The molecule has 0 aromatic carbocycles. The Bertz CT molecular complexity index is 153. The average molecular weight is 169 g/mol. The Morgan fingerprint density at radius 1 is 1.42 bits per heavy atom. The fraction of sp³-hybridized carbons (Fsp3) is 0.778. The van der Waals surface area contributed by atoms with E-state index in [1.165, 1.54) is 19.3 Å². The molecule has 2 N–H and O–H groups in total. The van der Waals surface area contributed by atoms with Gasteiger partial charge in [0.1, 0.15) is 0 Å². The number of primary amides is 1. The van der Waals surface area contributed by atoms with Gasteiger partial charge in [0.15, 0.2) is 0 Å². The summed E-state index contributed by atoms with van der Waals surface area (Å²) in [7, 11) is 0. The third kappa shape index (κ3) is 2.13. The number of nitrogens with zero attached hydrogens (tertiary/aromatic N) is 1. The molecule has 0 spiro atoms. The Hall–Kier alpha value is -0.730. The Morgan fingerprint density at radius 2 is 2.00 bits per heavy atom. The summed E-state index contributed by atoms with van der Waals surface area (Å²) in [4.78, 5) is 12.6. The van der Waals surface area contributed by atoms with Crippen molar-refractivity contribution in [3.05, 3.63) is 6.92 Å². The van der Waals surface area contributed by atoms with E-state index in [2.05, 4.69) is 6.92 Å². The van der Waals surface area contributed by atoms with Crippen LogP contribution in [0.4, 0.5) is 4.79 Å². The van der Waals surface area contributed by atoms with Crippen molar-refractivity contribution in [2.75, 3.05) is 6.54 Å². The van der Waals surface area contributed by atoms with Crippen LogP contribution in [0, 0.1) is 6.92 Å². The van der Waals surface area contributed by atoms with Gasteiger partial charge in [0.25, 0.3) is 0 Å². The average Bonchev–Trinajstić information content (AvgIpc) is 2.07. The van der Waals surface area contributed by atoms with Crippen LogP contribution in [-0.2, 0) is 0 Å². The van der Waals surface area contributed by atoms with Crippen LogP contribution >= 0.6 is 0 Å². The van der Waals surface area contributed by atoms with E-state index in [1.54, 1.807) is 4.90 Å². The van der Waals surface area contributed by atoms with Gasteiger partial charge in [0.05, 0.1) is 0 Å². The molecule has 3 nitrogen and oxygen atoms in total. The molecule has 69 valence electrons. The van der Waals surface area contributed by atoms with Gasteiger partial charge >= 0.3 is 6.03 Å². The minimum absolute atomic E-state index is 0.322. The highest BCUT2D eigenvalue weighted by atomic mass is 16.2. The van der Waals surface area contributed by atoms with Gasteiger partial charge in [-0.25, -0.2) is 4.79 Å². The molecule has 0 aromatic rings. The molecule has 3 heteroatoms. The van der Waals surface area contributed by atoms with E-state index >= 15 is 0 Å². The lowest BCUT2D eigenvalue weighted by atomic mass is 9.94. The summed E-state index contributed by atoms with van der Waals surface area (Å²) in [6, 6.07) is 0.0330. The van der Waals surface area contributed by atoms with Gasteiger partial charge in [0, 0.05) is 12.6 Å². The van der Waals surface area contributed by atoms with Crippen molar-refractivity contribution < 1.29 is 4.79 Å². The summed E-state index contributed by atoms with van der Waals surface area (Å²) in [6.45, 7) is 4.21. The zero-order valence-corrected chi connectivity index (χ0v) is 7.46. The number of hydrogen-bond donors (Lipinski definition) is 1. The lowest BCUT2D eigenvalue weighted by Crippen LogP contribution is -2.44. The third-order valence-electron chi connectivity index (χ3n) is 2.54. The Morgan fingerprint density at radius 3 is 2.42 bits per heavy atom. The summed E-state index contributed by atoms with van der Waals surface area (Å²) in [5, 5.41) is 0. The molecule has 0 atom stereocenters. The zero-order valence-electron chi connectivity index (χ0n) is 7.46. The largest absolute Gasteiger partial charge is 0.351 e. The highest BCUT2D eigenvalue weighted by molar-refractivity contribution is 5.72. The smallest absolute Gasteiger partial charge is 0.315 e. The van der Waals surface area contributed by atoms with Crippen molar-refractivity contribution in [3.63, 3.8) is 0 Å². The van der Waals surface area contributed by atoms with Gasteiger partial charge in [-0.2, -0.15) is 0 Å². The van der Waals surface area contributed by atoms with Crippen molar-refractivity contribution in [1.29, 1.82) is 0 Å². The van der Waals surface area contributed by atoms with Gasteiger partial charge in [-0.3, -0.25) is 0 Å². The molecule has 1 aliphatic rings. The number of amides is 2.